The number of carboxylic acid groups (broad SMARTS) is 1. The summed E-state index contributed by atoms with van der Waals surface area (Å²) in [5, 5.41) is 11.8. The third kappa shape index (κ3) is 5.07. The topological polar surface area (TPSA) is 78.9 Å². The molecule has 0 aliphatic heterocycles. The Bertz CT molecular complexity index is 502. The molecule has 2 N–H and O–H groups in total. The van der Waals surface area contributed by atoms with Gasteiger partial charge >= 0.3 is 5.97 Å². The fourth-order valence-electron chi connectivity index (χ4n) is 1.90. The number of amides is 1. The van der Waals surface area contributed by atoms with Crippen LogP contribution in [0.4, 0.5) is 11.4 Å². The van der Waals surface area contributed by atoms with Crippen LogP contribution in [0.25, 0.3) is 0 Å². The van der Waals surface area contributed by atoms with Crippen molar-refractivity contribution in [1.29, 1.82) is 0 Å². The van der Waals surface area contributed by atoms with Gasteiger partial charge in [-0.15, -0.1) is 0 Å². The summed E-state index contributed by atoms with van der Waals surface area (Å²) in [6, 6.07) is 4.97. The number of nitrogens with zero attached hydrogens (tertiary/aromatic N) is 1. The zero-order valence-corrected chi connectivity index (χ0v) is 12.7. The first-order chi connectivity index (χ1) is 9.99. The first-order valence-electron chi connectivity index (χ1n) is 6.86. The number of nitrogens with one attached hydrogen (secondary N) is 1. The summed E-state index contributed by atoms with van der Waals surface area (Å²) in [6.45, 7) is 2.84. The van der Waals surface area contributed by atoms with Crippen LogP contribution < -0.4 is 10.2 Å². The second-order valence-corrected chi connectivity index (χ2v) is 4.79. The number of unbranched alkanes of at least 4 members (excludes halogenated alkanes) is 1. The van der Waals surface area contributed by atoms with Gasteiger partial charge in [-0.05, 0) is 24.6 Å². The Morgan fingerprint density at radius 1 is 1.38 bits per heavy atom. The van der Waals surface area contributed by atoms with Crippen LogP contribution in [0.1, 0.15) is 30.1 Å². The first kappa shape index (κ1) is 17.0. The van der Waals surface area contributed by atoms with E-state index in [2.05, 4.69) is 12.2 Å². The summed E-state index contributed by atoms with van der Waals surface area (Å²) < 4.78 is 4.71. The number of rotatable bonds is 8. The van der Waals surface area contributed by atoms with Crippen molar-refractivity contribution in [2.24, 2.45) is 0 Å². The van der Waals surface area contributed by atoms with Crippen LogP contribution in [0.15, 0.2) is 18.2 Å². The molecule has 21 heavy (non-hydrogen) atoms. The van der Waals surface area contributed by atoms with E-state index in [9.17, 15) is 14.7 Å². The summed E-state index contributed by atoms with van der Waals surface area (Å²) in [5.74, 6) is -1.46. The van der Waals surface area contributed by atoms with Crippen LogP contribution in [-0.2, 0) is 9.53 Å². The van der Waals surface area contributed by atoms with Gasteiger partial charge in [-0.2, -0.15) is 0 Å². The zero-order chi connectivity index (χ0) is 15.8. The molecular formula is C15H22N2O4. The van der Waals surface area contributed by atoms with E-state index >= 15 is 0 Å². The van der Waals surface area contributed by atoms with Crippen molar-refractivity contribution in [3.8, 4) is 0 Å². The van der Waals surface area contributed by atoms with E-state index in [1.165, 1.54) is 7.11 Å². The van der Waals surface area contributed by atoms with Gasteiger partial charge in [0.15, 0.2) is 0 Å². The minimum atomic E-state index is -1.08. The minimum Gasteiger partial charge on any atom is -0.478 e. The second kappa shape index (κ2) is 8.26. The highest BCUT2D eigenvalue weighted by molar-refractivity contribution is 6.01. The number of methoxy groups -OCH3 is 1. The molecular weight excluding hydrogens is 272 g/mol. The van der Waals surface area contributed by atoms with Crippen molar-refractivity contribution < 1.29 is 19.4 Å². The van der Waals surface area contributed by atoms with Crippen LogP contribution in [-0.4, -0.2) is 44.3 Å². The van der Waals surface area contributed by atoms with E-state index < -0.39 is 5.97 Å². The van der Waals surface area contributed by atoms with E-state index in [4.69, 9.17) is 4.74 Å². The van der Waals surface area contributed by atoms with Crippen LogP contribution in [0.5, 0.6) is 0 Å². The molecule has 0 atom stereocenters. The molecule has 116 valence electrons. The van der Waals surface area contributed by atoms with E-state index in [1.807, 2.05) is 11.9 Å². The van der Waals surface area contributed by atoms with Crippen molar-refractivity contribution in [3.05, 3.63) is 23.8 Å². The SMILES string of the molecule is CCCCN(C)c1ccc(NC(=O)COC)c(C(=O)O)c1. The Labute approximate surface area is 124 Å². The van der Waals surface area contributed by atoms with Crippen LogP contribution in [0, 0.1) is 0 Å². The van der Waals surface area contributed by atoms with Gasteiger partial charge in [0, 0.05) is 26.4 Å². The largest absolute Gasteiger partial charge is 0.478 e. The lowest BCUT2D eigenvalue weighted by atomic mass is 10.1. The van der Waals surface area contributed by atoms with Crippen molar-refractivity contribution >= 4 is 23.3 Å². The maximum Gasteiger partial charge on any atom is 0.337 e. The molecule has 6 heteroatoms. The van der Waals surface area contributed by atoms with Gasteiger partial charge in [0.1, 0.15) is 6.61 Å². The predicted molar refractivity (Wildman–Crippen MR) is 82.1 cm³/mol. The molecule has 0 radical (unpaired) electrons. The third-order valence-corrected chi connectivity index (χ3v) is 3.07. The number of hydrogen-bond acceptors (Lipinski definition) is 4. The minimum absolute atomic E-state index is 0.0697. The molecule has 1 aromatic rings. The molecule has 1 aromatic carbocycles. The molecule has 0 aliphatic carbocycles. The van der Waals surface area contributed by atoms with Gasteiger partial charge < -0.3 is 20.1 Å². The zero-order valence-electron chi connectivity index (χ0n) is 12.7. The normalized spacial score (nSPS) is 10.2. The van der Waals surface area contributed by atoms with Crippen LogP contribution in [0.2, 0.25) is 0 Å². The number of carbonyl (C=O) groups excluding carboxylic acids is 1. The van der Waals surface area contributed by atoms with Gasteiger partial charge in [0.05, 0.1) is 11.3 Å². The molecule has 0 spiro atoms. The van der Waals surface area contributed by atoms with Crippen LogP contribution in [0.3, 0.4) is 0 Å². The van der Waals surface area contributed by atoms with Crippen molar-refractivity contribution in [3.63, 3.8) is 0 Å². The third-order valence-electron chi connectivity index (χ3n) is 3.07. The van der Waals surface area contributed by atoms with Crippen molar-refractivity contribution in [1.82, 2.24) is 0 Å². The molecule has 0 aromatic heterocycles. The van der Waals surface area contributed by atoms with Gasteiger partial charge in [0.25, 0.3) is 0 Å². The summed E-state index contributed by atoms with van der Waals surface area (Å²) in [5.41, 5.74) is 1.16. The standard InChI is InChI=1S/C15H22N2O4/c1-4-5-8-17(2)11-6-7-13(12(9-11)15(19)20)16-14(18)10-21-3/h6-7,9H,4-5,8,10H2,1-3H3,(H,16,18)(H,19,20). The number of carbonyl (C=O) groups is 2. The molecule has 1 amide bonds. The Morgan fingerprint density at radius 2 is 2.10 bits per heavy atom. The average molecular weight is 294 g/mol. The Hall–Kier alpha value is -2.08. The number of anilines is 2. The smallest absolute Gasteiger partial charge is 0.337 e. The quantitative estimate of drug-likeness (QED) is 0.768. The maximum atomic E-state index is 11.5. The molecule has 0 saturated carbocycles. The Kier molecular flexibility index (Phi) is 6.68. The molecule has 0 aliphatic rings. The van der Waals surface area contributed by atoms with E-state index in [-0.39, 0.29) is 23.8 Å². The number of hydrogen-bond donors (Lipinski definition) is 2. The predicted octanol–water partition coefficient (Wildman–Crippen LogP) is 2.21. The lowest BCUT2D eigenvalue weighted by Gasteiger charge is -2.20. The highest BCUT2D eigenvalue weighted by atomic mass is 16.5. The molecule has 0 bridgehead atoms. The van der Waals surface area contributed by atoms with E-state index in [0.29, 0.717) is 0 Å². The summed E-state index contributed by atoms with van der Waals surface area (Å²) >= 11 is 0. The molecule has 1 rings (SSSR count). The first-order valence-corrected chi connectivity index (χ1v) is 6.86. The number of aromatic carboxylic acids is 1. The highest BCUT2D eigenvalue weighted by Crippen LogP contribution is 2.23. The summed E-state index contributed by atoms with van der Waals surface area (Å²) in [6.07, 6.45) is 2.10. The van der Waals surface area contributed by atoms with E-state index in [0.717, 1.165) is 25.1 Å². The molecule has 0 unspecified atom stereocenters. The summed E-state index contributed by atoms with van der Waals surface area (Å²) in [7, 11) is 3.32. The number of benzene rings is 1. The van der Waals surface area contributed by atoms with Gasteiger partial charge in [0.2, 0.25) is 5.91 Å². The highest BCUT2D eigenvalue weighted by Gasteiger charge is 2.14. The van der Waals surface area contributed by atoms with Gasteiger partial charge in [-0.3, -0.25) is 4.79 Å². The van der Waals surface area contributed by atoms with Crippen LogP contribution >= 0.6 is 0 Å². The fraction of sp³-hybridized carbons (Fsp3) is 0.467. The Morgan fingerprint density at radius 3 is 2.67 bits per heavy atom. The van der Waals surface area contributed by atoms with Gasteiger partial charge in [-0.25, -0.2) is 4.79 Å². The lowest BCUT2D eigenvalue weighted by molar-refractivity contribution is -0.119. The lowest BCUT2D eigenvalue weighted by Crippen LogP contribution is -2.21. The van der Waals surface area contributed by atoms with Crippen molar-refractivity contribution in [2.45, 2.75) is 19.8 Å². The maximum absolute atomic E-state index is 11.5. The summed E-state index contributed by atoms with van der Waals surface area (Å²) in [4.78, 5) is 24.9. The van der Waals surface area contributed by atoms with Crippen molar-refractivity contribution in [2.75, 3.05) is 37.5 Å². The molecule has 0 heterocycles. The fourth-order valence-corrected chi connectivity index (χ4v) is 1.90. The number of carboxylic acids is 1. The monoisotopic (exact) mass is 294 g/mol. The van der Waals surface area contributed by atoms with Gasteiger partial charge in [-0.1, -0.05) is 13.3 Å². The molecule has 6 nitrogen and oxygen atoms in total. The van der Waals surface area contributed by atoms with E-state index in [1.54, 1.807) is 18.2 Å². The molecule has 0 saturated heterocycles. The Balaban J connectivity index is 2.96. The average Bonchev–Trinajstić information content (AvgIpc) is 2.45. The number of ether oxygens (including phenoxy) is 1. The molecule has 0 fully saturated rings. The second-order valence-electron chi connectivity index (χ2n) is 4.79.